The Balaban J connectivity index is 1.53. The van der Waals surface area contributed by atoms with Crippen molar-refractivity contribution in [3.8, 4) is 22.1 Å². The van der Waals surface area contributed by atoms with Gasteiger partial charge >= 0.3 is 0 Å². The monoisotopic (exact) mass is 385 g/mol. The predicted octanol–water partition coefficient (Wildman–Crippen LogP) is 3.30. The van der Waals surface area contributed by atoms with Crippen LogP contribution in [0.2, 0.25) is 0 Å². The molecule has 0 saturated heterocycles. The van der Waals surface area contributed by atoms with E-state index in [0.29, 0.717) is 31.0 Å². The van der Waals surface area contributed by atoms with Crippen LogP contribution in [0.4, 0.5) is 0 Å². The predicted molar refractivity (Wildman–Crippen MR) is 107 cm³/mol. The number of thiophene rings is 1. The molecule has 3 rings (SSSR count). The van der Waals surface area contributed by atoms with E-state index in [4.69, 9.17) is 9.47 Å². The molecule has 6 nitrogen and oxygen atoms in total. The Morgan fingerprint density at radius 2 is 2.00 bits per heavy atom. The normalized spacial score (nSPS) is 10.6. The zero-order valence-corrected chi connectivity index (χ0v) is 16.5. The van der Waals surface area contributed by atoms with Gasteiger partial charge in [-0.2, -0.15) is 5.10 Å². The molecule has 0 atom stereocenters. The van der Waals surface area contributed by atoms with Crippen LogP contribution < -0.4 is 14.8 Å². The molecule has 0 aliphatic carbocycles. The molecule has 142 valence electrons. The van der Waals surface area contributed by atoms with E-state index in [1.165, 1.54) is 0 Å². The molecule has 0 fully saturated rings. The molecule has 1 aromatic carbocycles. The molecule has 0 radical (unpaired) electrons. The summed E-state index contributed by atoms with van der Waals surface area (Å²) in [6.45, 7) is 3.18. The lowest BCUT2D eigenvalue weighted by Crippen LogP contribution is -2.29. The molecular weight excluding hydrogens is 362 g/mol. The van der Waals surface area contributed by atoms with Gasteiger partial charge in [0.15, 0.2) is 11.5 Å². The second-order valence-electron chi connectivity index (χ2n) is 6.09. The highest BCUT2D eigenvalue weighted by molar-refractivity contribution is 7.13. The van der Waals surface area contributed by atoms with Gasteiger partial charge in [0.05, 0.1) is 32.1 Å². The van der Waals surface area contributed by atoms with Crippen molar-refractivity contribution < 1.29 is 14.3 Å². The van der Waals surface area contributed by atoms with Gasteiger partial charge in [0.25, 0.3) is 0 Å². The fourth-order valence-corrected chi connectivity index (χ4v) is 3.50. The first-order valence-electron chi connectivity index (χ1n) is 8.66. The van der Waals surface area contributed by atoms with Gasteiger partial charge in [0, 0.05) is 12.2 Å². The zero-order chi connectivity index (χ0) is 19.2. The van der Waals surface area contributed by atoms with Crippen molar-refractivity contribution in [2.24, 2.45) is 0 Å². The van der Waals surface area contributed by atoms with E-state index in [-0.39, 0.29) is 5.91 Å². The Labute approximate surface area is 162 Å². The minimum Gasteiger partial charge on any atom is -0.493 e. The lowest BCUT2D eigenvalue weighted by Gasteiger charge is -2.10. The summed E-state index contributed by atoms with van der Waals surface area (Å²) in [7, 11) is 3.17. The van der Waals surface area contributed by atoms with Gasteiger partial charge in [-0.25, -0.2) is 0 Å². The topological polar surface area (TPSA) is 65.4 Å². The molecule has 0 unspecified atom stereocenters. The van der Waals surface area contributed by atoms with Crippen molar-refractivity contribution in [3.05, 3.63) is 53.0 Å². The average molecular weight is 385 g/mol. The summed E-state index contributed by atoms with van der Waals surface area (Å²) in [5.41, 5.74) is 2.92. The second-order valence-corrected chi connectivity index (χ2v) is 7.04. The summed E-state index contributed by atoms with van der Waals surface area (Å²) in [5.74, 6) is 1.24. The van der Waals surface area contributed by atoms with Crippen LogP contribution in [0.15, 0.2) is 41.8 Å². The van der Waals surface area contributed by atoms with Gasteiger partial charge in [0.1, 0.15) is 5.69 Å². The number of aromatic nitrogens is 2. The molecule has 2 heterocycles. The first-order valence-corrected chi connectivity index (χ1v) is 9.54. The average Bonchev–Trinajstić information content (AvgIpc) is 3.32. The van der Waals surface area contributed by atoms with Crippen LogP contribution in [0.3, 0.4) is 0 Å². The first kappa shape index (κ1) is 19.0. The van der Waals surface area contributed by atoms with Crippen molar-refractivity contribution in [2.75, 3.05) is 20.8 Å². The number of hydrogen-bond acceptors (Lipinski definition) is 5. The largest absolute Gasteiger partial charge is 0.493 e. The molecule has 3 aromatic rings. The highest BCUT2D eigenvalue weighted by Gasteiger charge is 2.10. The molecule has 27 heavy (non-hydrogen) atoms. The van der Waals surface area contributed by atoms with Crippen molar-refractivity contribution in [1.29, 1.82) is 0 Å². The molecular formula is C20H23N3O3S. The number of amides is 1. The number of benzene rings is 1. The summed E-state index contributed by atoms with van der Waals surface area (Å²) in [6, 6.07) is 11.6. The van der Waals surface area contributed by atoms with E-state index in [0.717, 1.165) is 21.8 Å². The molecule has 0 saturated carbocycles. The van der Waals surface area contributed by atoms with Gasteiger partial charge in [-0.05, 0) is 42.1 Å². The highest BCUT2D eigenvalue weighted by atomic mass is 32.1. The van der Waals surface area contributed by atoms with Crippen LogP contribution >= 0.6 is 11.3 Å². The number of ether oxygens (including phenoxy) is 2. The number of hydrogen-bond donors (Lipinski definition) is 1. The molecule has 0 aliphatic heterocycles. The quantitative estimate of drug-likeness (QED) is 0.646. The van der Waals surface area contributed by atoms with Gasteiger partial charge < -0.3 is 14.8 Å². The molecule has 1 amide bonds. The summed E-state index contributed by atoms with van der Waals surface area (Å²) in [5, 5.41) is 9.61. The van der Waals surface area contributed by atoms with Crippen molar-refractivity contribution in [2.45, 2.75) is 19.9 Å². The number of carbonyl (C=O) groups excluding carboxylic acids is 1. The van der Waals surface area contributed by atoms with Crippen molar-refractivity contribution in [3.63, 3.8) is 0 Å². The summed E-state index contributed by atoms with van der Waals surface area (Å²) >= 11 is 1.67. The number of rotatable bonds is 8. The van der Waals surface area contributed by atoms with E-state index in [1.807, 2.05) is 35.2 Å². The molecule has 7 heteroatoms. The minimum absolute atomic E-state index is 0.0366. The van der Waals surface area contributed by atoms with Crippen LogP contribution in [0.5, 0.6) is 11.5 Å². The van der Waals surface area contributed by atoms with Gasteiger partial charge in [-0.1, -0.05) is 12.1 Å². The number of nitrogens with one attached hydrogen (secondary N) is 1. The van der Waals surface area contributed by atoms with Crippen molar-refractivity contribution in [1.82, 2.24) is 15.1 Å². The third-order valence-electron chi connectivity index (χ3n) is 4.21. The maximum absolute atomic E-state index is 12.2. The summed E-state index contributed by atoms with van der Waals surface area (Å²) < 4.78 is 12.4. The number of carbonyl (C=O) groups is 1. The van der Waals surface area contributed by atoms with Crippen LogP contribution in [0.25, 0.3) is 10.6 Å². The zero-order valence-electron chi connectivity index (χ0n) is 15.7. The van der Waals surface area contributed by atoms with Gasteiger partial charge in [-0.15, -0.1) is 11.3 Å². The first-order chi connectivity index (χ1) is 13.1. The highest BCUT2D eigenvalue weighted by Crippen LogP contribution is 2.27. The standard InChI is InChI=1S/C20H23N3O3S/c1-14-11-16(19-5-4-10-27-19)22-23(14)9-8-21-20(24)13-15-6-7-17(25-2)18(12-15)26-3/h4-7,10-12H,8-9,13H2,1-3H3,(H,21,24). The Morgan fingerprint density at radius 1 is 1.19 bits per heavy atom. The number of aryl methyl sites for hydroxylation is 1. The number of methoxy groups -OCH3 is 2. The molecule has 0 bridgehead atoms. The molecule has 0 spiro atoms. The third kappa shape index (κ3) is 4.68. The van der Waals surface area contributed by atoms with E-state index in [1.54, 1.807) is 31.6 Å². The summed E-state index contributed by atoms with van der Waals surface area (Å²) in [6.07, 6.45) is 0.291. The molecule has 0 aliphatic rings. The Morgan fingerprint density at radius 3 is 2.70 bits per heavy atom. The lowest BCUT2D eigenvalue weighted by atomic mass is 10.1. The second kappa shape index (κ2) is 8.73. The Bertz CT molecular complexity index is 903. The van der Waals surface area contributed by atoms with Crippen molar-refractivity contribution >= 4 is 17.2 Å². The third-order valence-corrected chi connectivity index (χ3v) is 5.11. The maximum Gasteiger partial charge on any atom is 0.224 e. The van der Waals surface area contributed by atoms with Crippen LogP contribution in [-0.2, 0) is 17.8 Å². The fourth-order valence-electron chi connectivity index (χ4n) is 2.82. The minimum atomic E-state index is -0.0366. The maximum atomic E-state index is 12.2. The van der Waals surface area contributed by atoms with Crippen LogP contribution in [0, 0.1) is 6.92 Å². The Kier molecular flexibility index (Phi) is 6.13. The van der Waals surface area contributed by atoms with Gasteiger partial charge in [0.2, 0.25) is 5.91 Å². The summed E-state index contributed by atoms with van der Waals surface area (Å²) in [4.78, 5) is 13.4. The lowest BCUT2D eigenvalue weighted by molar-refractivity contribution is -0.120. The SMILES string of the molecule is COc1ccc(CC(=O)NCCn2nc(-c3cccs3)cc2C)cc1OC. The van der Waals surface area contributed by atoms with E-state index < -0.39 is 0 Å². The van der Waals surface area contributed by atoms with Crippen LogP contribution in [0.1, 0.15) is 11.3 Å². The smallest absolute Gasteiger partial charge is 0.224 e. The number of nitrogens with zero attached hydrogens (tertiary/aromatic N) is 2. The van der Waals surface area contributed by atoms with E-state index in [9.17, 15) is 4.79 Å². The molecule has 1 N–H and O–H groups in total. The van der Waals surface area contributed by atoms with Crippen LogP contribution in [-0.4, -0.2) is 36.5 Å². The fraction of sp³-hybridized carbons (Fsp3) is 0.300. The van der Waals surface area contributed by atoms with Gasteiger partial charge in [-0.3, -0.25) is 9.48 Å². The van der Waals surface area contributed by atoms with E-state index >= 15 is 0 Å². The Hall–Kier alpha value is -2.80. The molecule has 2 aromatic heterocycles. The van der Waals surface area contributed by atoms with E-state index in [2.05, 4.69) is 22.5 Å².